The molecular formula is C19H24FN3O2S. The smallest absolute Gasteiger partial charge is 0.251 e. The predicted octanol–water partition coefficient (Wildman–Crippen LogP) is 3.47. The van der Waals surface area contributed by atoms with E-state index in [1.165, 1.54) is 30.0 Å². The Kier molecular flexibility index (Phi) is 7.38. The van der Waals surface area contributed by atoms with E-state index in [0.29, 0.717) is 5.16 Å². The van der Waals surface area contributed by atoms with Crippen LogP contribution in [0.2, 0.25) is 0 Å². The standard InChI is InChI=1S/C19H24FN3O2S/c1-4-5-15-10-16(24)23-19(21-15)26-11-17(25)22-18(12(2)3)13-6-8-14(20)9-7-13/h6-10,12,18H,4-5,11H2,1-3H3,(H,22,25)(H,21,23,24). The van der Waals surface area contributed by atoms with Gasteiger partial charge in [0.25, 0.3) is 5.56 Å². The fourth-order valence-electron chi connectivity index (χ4n) is 2.59. The number of carbonyl (C=O) groups is 1. The number of rotatable bonds is 8. The molecule has 1 atom stereocenters. The van der Waals surface area contributed by atoms with Gasteiger partial charge in [0.05, 0.1) is 11.8 Å². The van der Waals surface area contributed by atoms with Crippen LogP contribution in [0, 0.1) is 11.7 Å². The number of nitrogens with one attached hydrogen (secondary N) is 2. The molecule has 2 rings (SSSR count). The van der Waals surface area contributed by atoms with Crippen molar-refractivity contribution in [3.63, 3.8) is 0 Å². The van der Waals surface area contributed by atoms with Gasteiger partial charge < -0.3 is 10.3 Å². The van der Waals surface area contributed by atoms with E-state index < -0.39 is 0 Å². The lowest BCUT2D eigenvalue weighted by Gasteiger charge is -2.23. The fraction of sp³-hybridized carbons (Fsp3) is 0.421. The zero-order valence-electron chi connectivity index (χ0n) is 15.2. The number of carbonyl (C=O) groups excluding carboxylic acids is 1. The maximum atomic E-state index is 13.1. The molecule has 0 saturated heterocycles. The molecule has 1 amide bonds. The Balaban J connectivity index is 2.00. The average molecular weight is 377 g/mol. The second-order valence-corrected chi connectivity index (χ2v) is 7.39. The van der Waals surface area contributed by atoms with Gasteiger partial charge in [-0.2, -0.15) is 0 Å². The minimum Gasteiger partial charge on any atom is -0.348 e. The van der Waals surface area contributed by atoms with Crippen molar-refractivity contribution in [3.8, 4) is 0 Å². The summed E-state index contributed by atoms with van der Waals surface area (Å²) in [5, 5.41) is 3.42. The van der Waals surface area contributed by atoms with Crippen LogP contribution < -0.4 is 10.9 Å². The first-order valence-electron chi connectivity index (χ1n) is 8.67. The quantitative estimate of drug-likeness (QED) is 0.546. The predicted molar refractivity (Wildman–Crippen MR) is 102 cm³/mol. The maximum Gasteiger partial charge on any atom is 0.251 e. The maximum absolute atomic E-state index is 13.1. The second-order valence-electron chi connectivity index (χ2n) is 6.42. The van der Waals surface area contributed by atoms with Gasteiger partial charge in [0.2, 0.25) is 5.91 Å². The summed E-state index contributed by atoms with van der Waals surface area (Å²) in [6, 6.07) is 7.42. The molecule has 140 valence electrons. The molecule has 0 radical (unpaired) electrons. The van der Waals surface area contributed by atoms with Crippen molar-refractivity contribution in [1.29, 1.82) is 0 Å². The third-order valence-electron chi connectivity index (χ3n) is 3.83. The number of thioether (sulfide) groups is 1. The molecule has 0 bridgehead atoms. The van der Waals surface area contributed by atoms with Gasteiger partial charge in [-0.1, -0.05) is 51.1 Å². The van der Waals surface area contributed by atoms with Crippen LogP contribution in [0.4, 0.5) is 4.39 Å². The summed E-state index contributed by atoms with van der Waals surface area (Å²) in [5.41, 5.74) is 1.37. The monoisotopic (exact) mass is 377 g/mol. The number of aromatic amines is 1. The van der Waals surface area contributed by atoms with E-state index in [0.717, 1.165) is 24.1 Å². The van der Waals surface area contributed by atoms with Crippen LogP contribution in [-0.2, 0) is 11.2 Å². The molecule has 0 spiro atoms. The number of hydrogen-bond donors (Lipinski definition) is 2. The van der Waals surface area contributed by atoms with Gasteiger partial charge in [-0.25, -0.2) is 9.37 Å². The zero-order valence-corrected chi connectivity index (χ0v) is 16.0. The first kappa shape index (κ1) is 20.2. The molecule has 5 nitrogen and oxygen atoms in total. The third kappa shape index (κ3) is 5.98. The lowest BCUT2D eigenvalue weighted by Crippen LogP contribution is -2.33. The van der Waals surface area contributed by atoms with Crippen LogP contribution in [-0.4, -0.2) is 21.6 Å². The topological polar surface area (TPSA) is 74.8 Å². The number of nitrogens with zero attached hydrogens (tertiary/aromatic N) is 1. The fourth-order valence-corrected chi connectivity index (χ4v) is 3.30. The summed E-state index contributed by atoms with van der Waals surface area (Å²) in [6.45, 7) is 6.01. The molecule has 1 aromatic carbocycles. The highest BCUT2D eigenvalue weighted by atomic mass is 32.2. The molecule has 1 heterocycles. The SMILES string of the molecule is CCCc1cc(=O)[nH]c(SCC(=O)NC(c2ccc(F)cc2)C(C)C)n1. The highest BCUT2D eigenvalue weighted by Gasteiger charge is 2.18. The lowest BCUT2D eigenvalue weighted by molar-refractivity contribution is -0.119. The van der Waals surface area contributed by atoms with Gasteiger partial charge in [0, 0.05) is 11.8 Å². The molecule has 0 saturated carbocycles. The first-order valence-corrected chi connectivity index (χ1v) is 9.65. The Bertz CT molecular complexity index is 790. The van der Waals surface area contributed by atoms with E-state index in [1.54, 1.807) is 12.1 Å². The number of aryl methyl sites for hydroxylation is 1. The van der Waals surface area contributed by atoms with Gasteiger partial charge >= 0.3 is 0 Å². The van der Waals surface area contributed by atoms with Crippen molar-refractivity contribution in [1.82, 2.24) is 15.3 Å². The minimum absolute atomic E-state index is 0.142. The Labute approximate surface area is 156 Å². The number of aromatic nitrogens is 2. The van der Waals surface area contributed by atoms with Crippen molar-refractivity contribution in [2.45, 2.75) is 44.8 Å². The molecule has 0 aliphatic rings. The van der Waals surface area contributed by atoms with Crippen molar-refractivity contribution in [2.75, 3.05) is 5.75 Å². The molecule has 2 N–H and O–H groups in total. The summed E-state index contributed by atoms with van der Waals surface area (Å²) in [7, 11) is 0. The highest BCUT2D eigenvalue weighted by molar-refractivity contribution is 7.99. The van der Waals surface area contributed by atoms with Gasteiger partial charge in [-0.3, -0.25) is 9.59 Å². The van der Waals surface area contributed by atoms with Crippen LogP contribution in [0.5, 0.6) is 0 Å². The molecule has 0 fully saturated rings. The van der Waals surface area contributed by atoms with E-state index >= 15 is 0 Å². The Morgan fingerprint density at radius 3 is 2.62 bits per heavy atom. The number of halogens is 1. The number of amides is 1. The van der Waals surface area contributed by atoms with Crippen molar-refractivity contribution in [2.24, 2.45) is 5.92 Å². The molecule has 1 unspecified atom stereocenters. The van der Waals surface area contributed by atoms with Crippen molar-refractivity contribution in [3.05, 3.63) is 57.8 Å². The molecule has 0 aliphatic carbocycles. The van der Waals surface area contributed by atoms with Crippen LogP contribution in [0.1, 0.15) is 44.5 Å². The summed E-state index contributed by atoms with van der Waals surface area (Å²) < 4.78 is 13.1. The van der Waals surface area contributed by atoms with Crippen LogP contribution in [0.3, 0.4) is 0 Å². The minimum atomic E-state index is -0.305. The second kappa shape index (κ2) is 9.52. The van der Waals surface area contributed by atoms with Gasteiger partial charge in [0.1, 0.15) is 5.82 Å². The largest absolute Gasteiger partial charge is 0.348 e. The molecule has 0 aliphatic heterocycles. The third-order valence-corrected chi connectivity index (χ3v) is 4.70. The summed E-state index contributed by atoms with van der Waals surface area (Å²) in [6.07, 6.45) is 1.62. The van der Waals surface area contributed by atoms with E-state index in [2.05, 4.69) is 15.3 Å². The average Bonchev–Trinajstić information content (AvgIpc) is 2.58. The van der Waals surface area contributed by atoms with Crippen LogP contribution in [0.15, 0.2) is 40.3 Å². The summed E-state index contributed by atoms with van der Waals surface area (Å²) in [4.78, 5) is 31.0. The molecule has 26 heavy (non-hydrogen) atoms. The molecule has 1 aromatic heterocycles. The summed E-state index contributed by atoms with van der Waals surface area (Å²) >= 11 is 1.20. The molecule has 2 aromatic rings. The van der Waals surface area contributed by atoms with E-state index in [9.17, 15) is 14.0 Å². The van der Waals surface area contributed by atoms with Gasteiger partial charge in [-0.05, 0) is 30.0 Å². The number of benzene rings is 1. The first-order chi connectivity index (χ1) is 12.4. The normalized spacial score (nSPS) is 12.2. The van der Waals surface area contributed by atoms with Crippen molar-refractivity contribution < 1.29 is 9.18 Å². The molecular weight excluding hydrogens is 353 g/mol. The van der Waals surface area contributed by atoms with Gasteiger partial charge in [0.15, 0.2) is 5.16 Å². The zero-order chi connectivity index (χ0) is 19.1. The molecule has 7 heteroatoms. The number of hydrogen-bond acceptors (Lipinski definition) is 4. The van der Waals surface area contributed by atoms with Crippen molar-refractivity contribution >= 4 is 17.7 Å². The number of H-pyrrole nitrogens is 1. The van der Waals surface area contributed by atoms with E-state index in [1.807, 2.05) is 20.8 Å². The Morgan fingerprint density at radius 1 is 1.31 bits per heavy atom. The van der Waals surface area contributed by atoms with E-state index in [-0.39, 0.29) is 35.0 Å². The Morgan fingerprint density at radius 2 is 2.00 bits per heavy atom. The summed E-state index contributed by atoms with van der Waals surface area (Å²) in [5.74, 6) is -0.176. The van der Waals surface area contributed by atoms with Crippen LogP contribution >= 0.6 is 11.8 Å². The lowest BCUT2D eigenvalue weighted by atomic mass is 9.96. The van der Waals surface area contributed by atoms with Gasteiger partial charge in [-0.15, -0.1) is 0 Å². The highest BCUT2D eigenvalue weighted by Crippen LogP contribution is 2.22. The van der Waals surface area contributed by atoms with E-state index in [4.69, 9.17) is 0 Å². The Hall–Kier alpha value is -2.15. The van der Waals surface area contributed by atoms with Crippen LogP contribution in [0.25, 0.3) is 0 Å².